The molecule has 0 amide bonds. The molecule has 2 aromatic rings. The summed E-state index contributed by atoms with van der Waals surface area (Å²) < 4.78 is 41.5. The zero-order valence-corrected chi connectivity index (χ0v) is 15.9. The van der Waals surface area contributed by atoms with E-state index in [1.54, 1.807) is 18.2 Å². The Morgan fingerprint density at radius 3 is 2.27 bits per heavy atom. The van der Waals surface area contributed by atoms with Gasteiger partial charge in [-0.15, -0.1) is 0 Å². The van der Waals surface area contributed by atoms with Gasteiger partial charge in [-0.1, -0.05) is 18.2 Å². The molecule has 0 saturated carbocycles. The Morgan fingerprint density at radius 1 is 1.00 bits per heavy atom. The number of ether oxygens (including phenoxy) is 3. The van der Waals surface area contributed by atoms with Crippen LogP contribution < -0.4 is 9.47 Å². The molecular formula is C18H21NO6S. The number of methoxy groups -OCH3 is 2. The maximum atomic E-state index is 12.4. The van der Waals surface area contributed by atoms with Crippen molar-refractivity contribution in [3.63, 3.8) is 0 Å². The zero-order chi connectivity index (χ0) is 19.3. The molecule has 2 aromatic carbocycles. The number of benzene rings is 2. The summed E-state index contributed by atoms with van der Waals surface area (Å²) in [6.07, 6.45) is 0. The van der Waals surface area contributed by atoms with E-state index in [-0.39, 0.29) is 22.8 Å². The molecule has 0 atom stereocenters. The lowest BCUT2D eigenvalue weighted by molar-refractivity contribution is 0.0470. The molecule has 0 unspecified atom stereocenters. The minimum absolute atomic E-state index is 0.00460. The Bertz CT molecular complexity index is 892. The van der Waals surface area contributed by atoms with E-state index >= 15 is 0 Å². The summed E-state index contributed by atoms with van der Waals surface area (Å²) in [4.78, 5) is 12.3. The lowest BCUT2D eigenvalue weighted by Gasteiger charge is -2.15. The number of hydrogen-bond acceptors (Lipinski definition) is 6. The Balaban J connectivity index is 2.27. The first-order valence-corrected chi connectivity index (χ1v) is 9.15. The third-order valence-electron chi connectivity index (χ3n) is 3.71. The quantitative estimate of drug-likeness (QED) is 0.687. The minimum atomic E-state index is -3.77. The number of rotatable bonds is 7. The van der Waals surface area contributed by atoms with Gasteiger partial charge in [0, 0.05) is 19.7 Å². The summed E-state index contributed by atoms with van der Waals surface area (Å²) in [7, 11) is 1.93. The molecule has 0 N–H and O–H groups in total. The van der Waals surface area contributed by atoms with E-state index in [4.69, 9.17) is 14.2 Å². The van der Waals surface area contributed by atoms with Crippen LogP contribution in [0.1, 0.15) is 15.9 Å². The standard InChI is InChI=1S/C18H21NO6S/c1-19(2)26(21,22)17-11-13(9-10-16(17)24-4)18(20)25-12-14-7-5-6-8-15(14)23-3/h5-11H,12H2,1-4H3. The topological polar surface area (TPSA) is 82.1 Å². The highest BCUT2D eigenvalue weighted by Crippen LogP contribution is 2.27. The molecule has 26 heavy (non-hydrogen) atoms. The number of nitrogens with zero attached hydrogens (tertiary/aromatic N) is 1. The van der Waals surface area contributed by atoms with Gasteiger partial charge in [-0.05, 0) is 24.3 Å². The first-order chi connectivity index (χ1) is 12.3. The summed E-state index contributed by atoms with van der Waals surface area (Å²) in [6.45, 7) is 0.00460. The van der Waals surface area contributed by atoms with Gasteiger partial charge >= 0.3 is 5.97 Å². The number of carbonyl (C=O) groups is 1. The van der Waals surface area contributed by atoms with Gasteiger partial charge in [-0.25, -0.2) is 17.5 Å². The molecule has 0 radical (unpaired) electrons. The molecule has 0 fully saturated rings. The molecule has 0 aromatic heterocycles. The largest absolute Gasteiger partial charge is 0.496 e. The Morgan fingerprint density at radius 2 is 1.65 bits per heavy atom. The van der Waals surface area contributed by atoms with Crippen molar-refractivity contribution < 1.29 is 27.4 Å². The van der Waals surface area contributed by atoms with Gasteiger partial charge in [-0.3, -0.25) is 0 Å². The van der Waals surface area contributed by atoms with Crippen LogP contribution in [0.3, 0.4) is 0 Å². The van der Waals surface area contributed by atoms with Gasteiger partial charge in [0.1, 0.15) is 23.0 Å². The van der Waals surface area contributed by atoms with Crippen LogP contribution in [0.4, 0.5) is 0 Å². The fourth-order valence-electron chi connectivity index (χ4n) is 2.25. The predicted molar refractivity (Wildman–Crippen MR) is 96.0 cm³/mol. The van der Waals surface area contributed by atoms with Crippen LogP contribution in [0, 0.1) is 0 Å². The van der Waals surface area contributed by atoms with Crippen molar-refractivity contribution in [2.45, 2.75) is 11.5 Å². The Kier molecular flexibility index (Phi) is 6.23. The monoisotopic (exact) mass is 379 g/mol. The fourth-order valence-corrected chi connectivity index (χ4v) is 3.33. The molecular weight excluding hydrogens is 358 g/mol. The smallest absolute Gasteiger partial charge is 0.338 e. The highest BCUT2D eigenvalue weighted by molar-refractivity contribution is 7.89. The summed E-state index contributed by atoms with van der Waals surface area (Å²) in [5.74, 6) is 0.111. The summed E-state index contributed by atoms with van der Waals surface area (Å²) in [5.41, 5.74) is 0.819. The molecule has 0 spiro atoms. The SMILES string of the molecule is COc1ccccc1COC(=O)c1ccc(OC)c(S(=O)(=O)N(C)C)c1. The highest BCUT2D eigenvalue weighted by atomic mass is 32.2. The van der Waals surface area contributed by atoms with Crippen LogP contribution in [0.2, 0.25) is 0 Å². The molecule has 2 rings (SSSR count). The van der Waals surface area contributed by atoms with Crippen molar-refractivity contribution in [1.29, 1.82) is 0 Å². The number of sulfonamides is 1. The molecule has 0 saturated heterocycles. The number of esters is 1. The summed E-state index contributed by atoms with van der Waals surface area (Å²) >= 11 is 0. The molecule has 0 bridgehead atoms. The Labute approximate surface area is 153 Å². The second-order valence-corrected chi connectivity index (χ2v) is 7.66. The molecule has 0 aliphatic carbocycles. The van der Waals surface area contributed by atoms with Crippen LogP contribution in [0.25, 0.3) is 0 Å². The lowest BCUT2D eigenvalue weighted by atomic mass is 10.2. The van der Waals surface area contributed by atoms with Gasteiger partial charge in [-0.2, -0.15) is 0 Å². The highest BCUT2D eigenvalue weighted by Gasteiger charge is 2.24. The number of hydrogen-bond donors (Lipinski definition) is 0. The van der Waals surface area contributed by atoms with Crippen molar-refractivity contribution in [1.82, 2.24) is 4.31 Å². The molecule has 0 aliphatic rings. The van der Waals surface area contributed by atoms with Crippen molar-refractivity contribution >= 4 is 16.0 Å². The van der Waals surface area contributed by atoms with E-state index in [1.165, 1.54) is 46.5 Å². The van der Waals surface area contributed by atoms with E-state index in [2.05, 4.69) is 0 Å². The van der Waals surface area contributed by atoms with Crippen molar-refractivity contribution in [2.75, 3.05) is 28.3 Å². The van der Waals surface area contributed by atoms with Crippen LogP contribution in [0.5, 0.6) is 11.5 Å². The average Bonchev–Trinajstić information content (AvgIpc) is 2.65. The summed E-state index contributed by atoms with van der Waals surface area (Å²) in [6, 6.07) is 11.3. The normalized spacial score (nSPS) is 11.3. The van der Waals surface area contributed by atoms with Gasteiger partial charge in [0.25, 0.3) is 0 Å². The van der Waals surface area contributed by atoms with Crippen LogP contribution in [-0.2, 0) is 21.4 Å². The van der Waals surface area contributed by atoms with E-state index < -0.39 is 16.0 Å². The van der Waals surface area contributed by atoms with E-state index in [9.17, 15) is 13.2 Å². The van der Waals surface area contributed by atoms with E-state index in [1.807, 2.05) is 6.07 Å². The minimum Gasteiger partial charge on any atom is -0.496 e. The van der Waals surface area contributed by atoms with Gasteiger partial charge in [0.2, 0.25) is 10.0 Å². The zero-order valence-electron chi connectivity index (χ0n) is 15.1. The van der Waals surface area contributed by atoms with Gasteiger partial charge in [0.05, 0.1) is 19.8 Å². The second-order valence-electron chi connectivity index (χ2n) is 5.54. The predicted octanol–water partition coefficient (Wildman–Crippen LogP) is 2.31. The van der Waals surface area contributed by atoms with Crippen LogP contribution in [-0.4, -0.2) is 47.0 Å². The second kappa shape index (κ2) is 8.20. The lowest BCUT2D eigenvalue weighted by Crippen LogP contribution is -2.23. The average molecular weight is 379 g/mol. The van der Waals surface area contributed by atoms with Crippen LogP contribution >= 0.6 is 0 Å². The van der Waals surface area contributed by atoms with Crippen LogP contribution in [0.15, 0.2) is 47.4 Å². The van der Waals surface area contributed by atoms with Gasteiger partial charge < -0.3 is 14.2 Å². The third kappa shape index (κ3) is 4.14. The number of carbonyl (C=O) groups excluding carboxylic acids is 1. The van der Waals surface area contributed by atoms with Crippen molar-refractivity contribution in [2.24, 2.45) is 0 Å². The van der Waals surface area contributed by atoms with E-state index in [0.29, 0.717) is 11.3 Å². The molecule has 7 nitrogen and oxygen atoms in total. The summed E-state index contributed by atoms with van der Waals surface area (Å²) in [5, 5.41) is 0. The van der Waals surface area contributed by atoms with Crippen molar-refractivity contribution in [3.8, 4) is 11.5 Å². The molecule has 8 heteroatoms. The van der Waals surface area contributed by atoms with E-state index in [0.717, 1.165) is 4.31 Å². The van der Waals surface area contributed by atoms with Gasteiger partial charge in [0.15, 0.2) is 0 Å². The first kappa shape index (κ1) is 19.7. The molecule has 0 aliphatic heterocycles. The maximum absolute atomic E-state index is 12.4. The van der Waals surface area contributed by atoms with Crippen molar-refractivity contribution in [3.05, 3.63) is 53.6 Å². The number of para-hydroxylation sites is 1. The molecule has 140 valence electrons. The fraction of sp³-hybridized carbons (Fsp3) is 0.278. The maximum Gasteiger partial charge on any atom is 0.338 e. The first-order valence-electron chi connectivity index (χ1n) is 7.71. The third-order valence-corrected chi connectivity index (χ3v) is 5.55. The Hall–Kier alpha value is -2.58. The molecule has 0 heterocycles.